The molecule has 8 nitrogen and oxygen atoms in total. The number of primary sulfonamides is 1. The Morgan fingerprint density at radius 1 is 0.941 bits per heavy atom. The van der Waals surface area contributed by atoms with Gasteiger partial charge in [0.25, 0.3) is 11.7 Å². The van der Waals surface area contributed by atoms with Gasteiger partial charge < -0.3 is 9.84 Å². The van der Waals surface area contributed by atoms with Gasteiger partial charge in [-0.1, -0.05) is 42.0 Å². The molecule has 3 aromatic carbocycles. The summed E-state index contributed by atoms with van der Waals surface area (Å²) in [4.78, 5) is 27.4. The zero-order valence-electron chi connectivity index (χ0n) is 18.4. The van der Waals surface area contributed by atoms with E-state index in [0.29, 0.717) is 16.9 Å². The Bertz CT molecular complexity index is 1390. The normalized spacial score (nSPS) is 17.7. The van der Waals surface area contributed by atoms with Crippen LogP contribution in [-0.4, -0.2) is 32.3 Å². The Kier molecular flexibility index (Phi) is 5.99. The molecule has 0 bridgehead atoms. The Morgan fingerprint density at radius 3 is 2.06 bits per heavy atom. The summed E-state index contributed by atoms with van der Waals surface area (Å²) < 4.78 is 28.5. The van der Waals surface area contributed by atoms with Crippen molar-refractivity contribution in [2.75, 3.05) is 12.0 Å². The molecule has 1 aliphatic heterocycles. The second-order valence-corrected chi connectivity index (χ2v) is 9.41. The minimum Gasteiger partial charge on any atom is -0.507 e. The number of sulfonamides is 1. The van der Waals surface area contributed by atoms with Crippen LogP contribution in [0.4, 0.5) is 5.69 Å². The third-order valence-corrected chi connectivity index (χ3v) is 6.57. The number of carbonyl (C=O) groups excluding carboxylic acids is 2. The van der Waals surface area contributed by atoms with Crippen molar-refractivity contribution in [3.8, 4) is 5.75 Å². The fourth-order valence-electron chi connectivity index (χ4n) is 3.86. The summed E-state index contributed by atoms with van der Waals surface area (Å²) in [5, 5.41) is 16.3. The van der Waals surface area contributed by atoms with Gasteiger partial charge in [-0.3, -0.25) is 14.5 Å². The molecule has 1 heterocycles. The molecule has 0 spiro atoms. The van der Waals surface area contributed by atoms with E-state index in [-0.39, 0.29) is 21.9 Å². The van der Waals surface area contributed by atoms with E-state index >= 15 is 0 Å². The van der Waals surface area contributed by atoms with E-state index in [1.54, 1.807) is 48.5 Å². The smallest absolute Gasteiger partial charge is 0.300 e. The van der Waals surface area contributed by atoms with Gasteiger partial charge in [0.15, 0.2) is 0 Å². The number of hydrogen-bond acceptors (Lipinski definition) is 6. The molecule has 174 valence electrons. The number of aliphatic hydroxyl groups excluding tert-OH is 1. The van der Waals surface area contributed by atoms with Crippen LogP contribution < -0.4 is 14.8 Å². The van der Waals surface area contributed by atoms with E-state index in [4.69, 9.17) is 9.88 Å². The van der Waals surface area contributed by atoms with Gasteiger partial charge in [-0.25, -0.2) is 13.6 Å². The molecule has 34 heavy (non-hydrogen) atoms. The topological polar surface area (TPSA) is 127 Å². The Hall–Kier alpha value is -3.95. The first-order valence-corrected chi connectivity index (χ1v) is 11.8. The molecule has 0 saturated carbocycles. The van der Waals surface area contributed by atoms with Crippen molar-refractivity contribution in [3.05, 3.63) is 95.1 Å². The lowest BCUT2D eigenvalue weighted by Crippen LogP contribution is -2.29. The molecule has 1 aliphatic rings. The summed E-state index contributed by atoms with van der Waals surface area (Å²) >= 11 is 0. The lowest BCUT2D eigenvalue weighted by atomic mass is 9.95. The Balaban J connectivity index is 1.91. The van der Waals surface area contributed by atoms with E-state index in [1.807, 2.05) is 6.92 Å². The molecule has 9 heteroatoms. The van der Waals surface area contributed by atoms with Crippen LogP contribution in [0.25, 0.3) is 5.76 Å². The van der Waals surface area contributed by atoms with Gasteiger partial charge in [0.2, 0.25) is 10.0 Å². The van der Waals surface area contributed by atoms with Crippen molar-refractivity contribution in [1.82, 2.24) is 0 Å². The van der Waals surface area contributed by atoms with E-state index in [9.17, 15) is 23.1 Å². The number of hydrogen-bond donors (Lipinski definition) is 2. The quantitative estimate of drug-likeness (QED) is 0.329. The van der Waals surface area contributed by atoms with E-state index < -0.39 is 27.8 Å². The van der Waals surface area contributed by atoms with Crippen LogP contribution in [0.3, 0.4) is 0 Å². The molecule has 4 rings (SSSR count). The SMILES string of the molecule is COc1ccc(C2/C(=C(/O)c3ccc(C)cc3)C(=O)C(=O)N2c2ccc(S(N)(=O)=O)cc2)cc1. The molecule has 3 aromatic rings. The first kappa shape index (κ1) is 23.2. The average molecular weight is 479 g/mol. The minimum absolute atomic E-state index is 0.0745. The number of benzene rings is 3. The highest BCUT2D eigenvalue weighted by atomic mass is 32.2. The number of nitrogens with two attached hydrogens (primary N) is 1. The zero-order valence-corrected chi connectivity index (χ0v) is 19.2. The molecule has 1 atom stereocenters. The van der Waals surface area contributed by atoms with Crippen LogP contribution in [0, 0.1) is 6.92 Å². The molecule has 3 N–H and O–H groups in total. The Morgan fingerprint density at radius 2 is 1.53 bits per heavy atom. The maximum Gasteiger partial charge on any atom is 0.300 e. The summed E-state index contributed by atoms with van der Waals surface area (Å²) in [5.74, 6) is -1.42. The lowest BCUT2D eigenvalue weighted by molar-refractivity contribution is -0.132. The van der Waals surface area contributed by atoms with Crippen LogP contribution in [0.5, 0.6) is 5.75 Å². The summed E-state index contributed by atoms with van der Waals surface area (Å²) in [6, 6.07) is 18.1. The van der Waals surface area contributed by atoms with Gasteiger partial charge >= 0.3 is 0 Å². The third-order valence-electron chi connectivity index (χ3n) is 5.64. The van der Waals surface area contributed by atoms with Crippen LogP contribution in [0.1, 0.15) is 22.7 Å². The number of rotatable bonds is 5. The number of ether oxygens (including phenoxy) is 1. The second-order valence-electron chi connectivity index (χ2n) is 7.85. The Labute approximate surface area is 196 Å². The minimum atomic E-state index is -3.94. The molecular formula is C25H22N2O6S. The number of aliphatic hydroxyl groups is 1. The molecule has 0 radical (unpaired) electrons. The van der Waals surface area contributed by atoms with Crippen molar-refractivity contribution >= 4 is 33.2 Å². The number of aryl methyl sites for hydroxylation is 1. The van der Waals surface area contributed by atoms with Gasteiger partial charge in [0.1, 0.15) is 11.5 Å². The molecule has 1 fully saturated rings. The first-order chi connectivity index (χ1) is 16.1. The molecule has 1 unspecified atom stereocenters. The third kappa shape index (κ3) is 4.18. The number of nitrogens with zero attached hydrogens (tertiary/aromatic N) is 1. The van der Waals surface area contributed by atoms with Crippen molar-refractivity contribution in [1.29, 1.82) is 0 Å². The highest BCUT2D eigenvalue weighted by Gasteiger charge is 2.47. The highest BCUT2D eigenvalue weighted by molar-refractivity contribution is 7.89. The van der Waals surface area contributed by atoms with E-state index in [0.717, 1.165) is 5.56 Å². The van der Waals surface area contributed by atoms with E-state index in [2.05, 4.69) is 0 Å². The highest BCUT2D eigenvalue weighted by Crippen LogP contribution is 2.42. The van der Waals surface area contributed by atoms with Gasteiger partial charge in [0.05, 0.1) is 23.6 Å². The molecule has 1 amide bonds. The van der Waals surface area contributed by atoms with Crippen LogP contribution >= 0.6 is 0 Å². The van der Waals surface area contributed by atoms with Crippen LogP contribution in [0.15, 0.2) is 83.3 Å². The zero-order chi connectivity index (χ0) is 24.6. The fraction of sp³-hybridized carbons (Fsp3) is 0.120. The molecular weight excluding hydrogens is 456 g/mol. The van der Waals surface area contributed by atoms with Crippen molar-refractivity contribution in [2.24, 2.45) is 5.14 Å². The summed E-state index contributed by atoms with van der Waals surface area (Å²) in [5.41, 5.74) is 2.13. The van der Waals surface area contributed by atoms with Crippen LogP contribution in [-0.2, 0) is 19.6 Å². The lowest BCUT2D eigenvalue weighted by Gasteiger charge is -2.25. The summed E-state index contributed by atoms with van der Waals surface area (Å²) in [6.45, 7) is 1.89. The number of Topliss-reactive ketones (excluding diaryl/α,β-unsaturated/α-hetero) is 1. The van der Waals surface area contributed by atoms with Crippen molar-refractivity contribution < 1.29 is 27.9 Å². The predicted octanol–water partition coefficient (Wildman–Crippen LogP) is 3.28. The van der Waals surface area contributed by atoms with Crippen LogP contribution in [0.2, 0.25) is 0 Å². The average Bonchev–Trinajstić information content (AvgIpc) is 3.09. The number of amides is 1. The second kappa shape index (κ2) is 8.77. The largest absolute Gasteiger partial charge is 0.507 e. The predicted molar refractivity (Wildman–Crippen MR) is 127 cm³/mol. The van der Waals surface area contributed by atoms with Crippen molar-refractivity contribution in [3.63, 3.8) is 0 Å². The number of methoxy groups -OCH3 is 1. The number of anilines is 1. The number of ketones is 1. The summed E-state index contributed by atoms with van der Waals surface area (Å²) in [6.07, 6.45) is 0. The first-order valence-electron chi connectivity index (χ1n) is 10.3. The van der Waals surface area contributed by atoms with Gasteiger partial charge in [0, 0.05) is 11.3 Å². The van der Waals surface area contributed by atoms with Gasteiger partial charge in [-0.2, -0.15) is 0 Å². The van der Waals surface area contributed by atoms with Gasteiger partial charge in [-0.05, 0) is 48.9 Å². The van der Waals surface area contributed by atoms with E-state index in [1.165, 1.54) is 36.3 Å². The number of carbonyl (C=O) groups is 2. The molecule has 0 aliphatic carbocycles. The maximum absolute atomic E-state index is 13.2. The van der Waals surface area contributed by atoms with Crippen molar-refractivity contribution in [2.45, 2.75) is 17.9 Å². The molecule has 1 saturated heterocycles. The molecule has 0 aromatic heterocycles. The maximum atomic E-state index is 13.2. The van der Waals surface area contributed by atoms with Gasteiger partial charge in [-0.15, -0.1) is 0 Å². The fourth-order valence-corrected chi connectivity index (χ4v) is 4.38. The monoisotopic (exact) mass is 478 g/mol. The standard InChI is InChI=1S/C25H22N2O6S/c1-15-3-5-17(6-4-15)23(28)21-22(16-7-11-19(33-2)12-8-16)27(25(30)24(21)29)18-9-13-20(14-10-18)34(26,31)32/h3-14,22,28H,1-2H3,(H2,26,31,32)/b23-21-. The summed E-state index contributed by atoms with van der Waals surface area (Å²) in [7, 11) is -2.42.